The quantitative estimate of drug-likeness (QED) is 0.633. The molecule has 0 bridgehead atoms. The number of phenols is 1. The summed E-state index contributed by atoms with van der Waals surface area (Å²) in [5, 5.41) is 16.6. The second-order valence-corrected chi connectivity index (χ2v) is 7.52. The molecule has 0 aliphatic carbocycles. The molecule has 1 atom stereocenters. The molecule has 3 rings (SSSR count). The topological polar surface area (TPSA) is 62.5 Å². The highest BCUT2D eigenvalue weighted by Gasteiger charge is 2.17. The molecule has 25 heavy (non-hydrogen) atoms. The first kappa shape index (κ1) is 17.7. The first-order valence-corrected chi connectivity index (χ1v) is 9.43. The molecule has 0 spiro atoms. The summed E-state index contributed by atoms with van der Waals surface area (Å²) in [6.45, 7) is 6.92. The van der Waals surface area contributed by atoms with Crippen molar-refractivity contribution >= 4 is 22.3 Å². The maximum Gasteiger partial charge on any atom is 0.336 e. The molecule has 0 amide bonds. The highest BCUT2D eigenvalue weighted by atomic mass is 32.1. The maximum atomic E-state index is 11.9. The molecule has 0 fully saturated rings. The SMILES string of the molecule is CCc1cc2c(CN[C@H](c3cccs3)C(C)C)cc(=O)oc2cc1O. The van der Waals surface area contributed by atoms with Crippen LogP contribution in [-0.2, 0) is 13.0 Å². The molecule has 0 saturated heterocycles. The van der Waals surface area contributed by atoms with Gasteiger partial charge in [-0.2, -0.15) is 0 Å². The molecule has 0 unspecified atom stereocenters. The number of hydrogen-bond acceptors (Lipinski definition) is 5. The minimum Gasteiger partial charge on any atom is -0.508 e. The Bertz CT molecular complexity index is 913. The first-order chi connectivity index (χ1) is 12.0. The zero-order chi connectivity index (χ0) is 18.0. The minimum absolute atomic E-state index is 0.168. The third-order valence-electron chi connectivity index (χ3n) is 4.44. The third kappa shape index (κ3) is 3.78. The summed E-state index contributed by atoms with van der Waals surface area (Å²) >= 11 is 1.73. The molecule has 2 N–H and O–H groups in total. The number of thiophene rings is 1. The van der Waals surface area contributed by atoms with E-state index < -0.39 is 5.63 Å². The van der Waals surface area contributed by atoms with E-state index in [1.807, 2.05) is 13.0 Å². The fourth-order valence-electron chi connectivity index (χ4n) is 3.09. The normalized spacial score (nSPS) is 12.8. The van der Waals surface area contributed by atoms with Gasteiger partial charge in [0, 0.05) is 35.0 Å². The van der Waals surface area contributed by atoms with Gasteiger partial charge in [-0.05, 0) is 41.0 Å². The number of fused-ring (bicyclic) bond motifs is 1. The maximum absolute atomic E-state index is 11.9. The lowest BCUT2D eigenvalue weighted by atomic mass is 10.0. The van der Waals surface area contributed by atoms with Crippen LogP contribution in [0.4, 0.5) is 0 Å². The van der Waals surface area contributed by atoms with Gasteiger partial charge < -0.3 is 14.8 Å². The van der Waals surface area contributed by atoms with Crippen LogP contribution in [0.15, 0.2) is 44.9 Å². The van der Waals surface area contributed by atoms with Crippen molar-refractivity contribution in [3.63, 3.8) is 0 Å². The van der Waals surface area contributed by atoms with Crippen LogP contribution in [0.3, 0.4) is 0 Å². The Balaban J connectivity index is 1.96. The monoisotopic (exact) mass is 357 g/mol. The van der Waals surface area contributed by atoms with Crippen molar-refractivity contribution in [2.24, 2.45) is 5.92 Å². The van der Waals surface area contributed by atoms with Crippen molar-refractivity contribution in [2.75, 3.05) is 0 Å². The predicted molar refractivity (Wildman–Crippen MR) is 102 cm³/mol. The van der Waals surface area contributed by atoms with Gasteiger partial charge in [-0.3, -0.25) is 0 Å². The van der Waals surface area contributed by atoms with E-state index in [-0.39, 0.29) is 11.8 Å². The van der Waals surface area contributed by atoms with E-state index in [0.29, 0.717) is 18.0 Å². The fraction of sp³-hybridized carbons (Fsp3) is 0.350. The lowest BCUT2D eigenvalue weighted by Crippen LogP contribution is -2.25. The molecule has 5 heteroatoms. The molecule has 0 saturated carbocycles. The van der Waals surface area contributed by atoms with Crippen molar-refractivity contribution in [2.45, 2.75) is 39.8 Å². The Kier molecular flexibility index (Phi) is 5.25. The second-order valence-electron chi connectivity index (χ2n) is 6.54. The van der Waals surface area contributed by atoms with Gasteiger partial charge in [0.15, 0.2) is 0 Å². The molecule has 1 aromatic carbocycles. The molecule has 0 aliphatic rings. The van der Waals surface area contributed by atoms with E-state index in [0.717, 1.165) is 22.9 Å². The molecule has 2 heterocycles. The van der Waals surface area contributed by atoms with E-state index in [1.54, 1.807) is 11.3 Å². The van der Waals surface area contributed by atoms with Gasteiger partial charge in [0.05, 0.1) is 0 Å². The number of phenolic OH excluding ortho intramolecular Hbond substituents is 1. The van der Waals surface area contributed by atoms with Gasteiger partial charge in [-0.1, -0.05) is 26.8 Å². The van der Waals surface area contributed by atoms with E-state index in [1.165, 1.54) is 17.0 Å². The molecule has 0 radical (unpaired) electrons. The van der Waals surface area contributed by atoms with Gasteiger partial charge in [-0.25, -0.2) is 4.79 Å². The molecule has 132 valence electrons. The Morgan fingerprint density at radius 2 is 2.04 bits per heavy atom. The van der Waals surface area contributed by atoms with Gasteiger partial charge in [0.1, 0.15) is 11.3 Å². The highest BCUT2D eigenvalue weighted by Crippen LogP contribution is 2.29. The summed E-state index contributed by atoms with van der Waals surface area (Å²) in [7, 11) is 0. The van der Waals surface area contributed by atoms with E-state index in [9.17, 15) is 9.90 Å². The van der Waals surface area contributed by atoms with Crippen molar-refractivity contribution in [1.82, 2.24) is 5.32 Å². The predicted octanol–water partition coefficient (Wildman–Crippen LogP) is 4.61. The van der Waals surface area contributed by atoms with E-state index >= 15 is 0 Å². The van der Waals surface area contributed by atoms with Crippen LogP contribution in [0.2, 0.25) is 0 Å². The lowest BCUT2D eigenvalue weighted by Gasteiger charge is -2.21. The molecule has 3 aromatic rings. The van der Waals surface area contributed by atoms with Crippen LogP contribution in [0.25, 0.3) is 11.0 Å². The molecule has 4 nitrogen and oxygen atoms in total. The average molecular weight is 357 g/mol. The van der Waals surface area contributed by atoms with E-state index in [4.69, 9.17) is 4.42 Å². The van der Waals surface area contributed by atoms with Crippen LogP contribution in [0.1, 0.15) is 42.8 Å². The zero-order valence-corrected chi connectivity index (χ0v) is 15.5. The summed E-state index contributed by atoms with van der Waals surface area (Å²) in [5.41, 5.74) is 1.77. The molecule has 0 aliphatic heterocycles. The fourth-order valence-corrected chi connectivity index (χ4v) is 4.06. The smallest absolute Gasteiger partial charge is 0.336 e. The second kappa shape index (κ2) is 7.42. The van der Waals surface area contributed by atoms with Gasteiger partial charge in [0.25, 0.3) is 0 Å². The third-order valence-corrected chi connectivity index (χ3v) is 5.39. The molecule has 2 aromatic heterocycles. The number of aryl methyl sites for hydroxylation is 1. The first-order valence-electron chi connectivity index (χ1n) is 8.55. The van der Waals surface area contributed by atoms with Crippen LogP contribution in [-0.4, -0.2) is 5.11 Å². The zero-order valence-electron chi connectivity index (χ0n) is 14.7. The van der Waals surface area contributed by atoms with Gasteiger partial charge in [-0.15, -0.1) is 11.3 Å². The van der Waals surface area contributed by atoms with Crippen molar-refractivity contribution in [3.8, 4) is 5.75 Å². The Morgan fingerprint density at radius 1 is 1.24 bits per heavy atom. The number of benzene rings is 1. The number of nitrogens with one attached hydrogen (secondary N) is 1. The number of rotatable bonds is 6. The van der Waals surface area contributed by atoms with Crippen LogP contribution in [0, 0.1) is 5.92 Å². The summed E-state index contributed by atoms with van der Waals surface area (Å²) in [6.07, 6.45) is 0.720. The van der Waals surface area contributed by atoms with Gasteiger partial charge >= 0.3 is 5.63 Å². The van der Waals surface area contributed by atoms with E-state index in [2.05, 4.69) is 36.7 Å². The summed E-state index contributed by atoms with van der Waals surface area (Å²) in [4.78, 5) is 13.2. The summed E-state index contributed by atoms with van der Waals surface area (Å²) < 4.78 is 5.27. The summed E-state index contributed by atoms with van der Waals surface area (Å²) in [5.74, 6) is 0.599. The van der Waals surface area contributed by atoms with Crippen LogP contribution in [0.5, 0.6) is 5.75 Å². The molecular weight excluding hydrogens is 334 g/mol. The number of aromatic hydroxyl groups is 1. The van der Waals surface area contributed by atoms with Crippen LogP contribution < -0.4 is 10.9 Å². The molecular formula is C20H23NO3S. The minimum atomic E-state index is -0.398. The van der Waals surface area contributed by atoms with Crippen molar-refractivity contribution in [3.05, 3.63) is 62.1 Å². The highest BCUT2D eigenvalue weighted by molar-refractivity contribution is 7.10. The van der Waals surface area contributed by atoms with Crippen LogP contribution >= 0.6 is 11.3 Å². The largest absolute Gasteiger partial charge is 0.508 e. The Hall–Kier alpha value is -2.11. The standard InChI is InChI=1S/C20H23NO3S/c1-4-13-8-15-14(9-19(23)24-17(15)10-16(13)22)11-21-20(12(2)3)18-6-5-7-25-18/h5-10,12,20-22H,4,11H2,1-3H3/t20-/m0/s1. The van der Waals surface area contributed by atoms with Crippen molar-refractivity contribution in [1.29, 1.82) is 0 Å². The van der Waals surface area contributed by atoms with Gasteiger partial charge in [0.2, 0.25) is 0 Å². The Morgan fingerprint density at radius 3 is 2.68 bits per heavy atom. The lowest BCUT2D eigenvalue weighted by molar-refractivity contribution is 0.416. The average Bonchev–Trinajstić information content (AvgIpc) is 3.08. The van der Waals surface area contributed by atoms with Crippen molar-refractivity contribution < 1.29 is 9.52 Å². The number of hydrogen-bond donors (Lipinski definition) is 2. The Labute approximate surface area is 151 Å². The summed E-state index contributed by atoms with van der Waals surface area (Å²) in [6, 6.07) is 9.41.